The zero-order valence-electron chi connectivity index (χ0n) is 11.1. The molecule has 0 atom stereocenters. The molecule has 0 aromatic heterocycles. The van der Waals surface area contributed by atoms with Crippen molar-refractivity contribution in [2.45, 2.75) is 18.6 Å². The van der Waals surface area contributed by atoms with E-state index < -0.39 is 26.6 Å². The topological polar surface area (TPSA) is 101 Å². The fourth-order valence-corrected chi connectivity index (χ4v) is 3.37. The van der Waals surface area contributed by atoms with E-state index in [1.165, 1.54) is 39.2 Å². The van der Waals surface area contributed by atoms with Crippen LogP contribution in [-0.2, 0) is 14.8 Å². The highest BCUT2D eigenvalue weighted by molar-refractivity contribution is 7.98. The molecule has 1 aliphatic rings. The van der Waals surface area contributed by atoms with Crippen LogP contribution in [0.3, 0.4) is 0 Å². The number of amides is 1. The Hall–Kier alpha value is -2.09. The van der Waals surface area contributed by atoms with Gasteiger partial charge in [-0.2, -0.15) is 0 Å². The van der Waals surface area contributed by atoms with Gasteiger partial charge in [-0.1, -0.05) is 0 Å². The molecule has 1 heterocycles. The lowest BCUT2D eigenvalue weighted by Gasteiger charge is -2.42. The van der Waals surface area contributed by atoms with E-state index in [1.54, 1.807) is 0 Å². The standard InChI is InChI=1S/C12H13NO6S/c1-12(2)11(16)13(20(12,17)18)7-4-5-8(10(14)15)9(6-7)19-3/h4-6H,1-3H3,(H,14,15). The monoisotopic (exact) mass is 299 g/mol. The smallest absolute Gasteiger partial charge is 0.339 e. The fourth-order valence-electron chi connectivity index (χ4n) is 1.89. The molecule has 0 bridgehead atoms. The fraction of sp³-hybridized carbons (Fsp3) is 0.333. The van der Waals surface area contributed by atoms with Crippen LogP contribution in [0.1, 0.15) is 24.2 Å². The zero-order chi connectivity index (χ0) is 15.3. The maximum absolute atomic E-state index is 12.0. The average molecular weight is 299 g/mol. The third kappa shape index (κ3) is 1.68. The second-order valence-corrected chi connectivity index (χ2v) is 7.11. The molecule has 8 heteroatoms. The summed E-state index contributed by atoms with van der Waals surface area (Å²) in [6, 6.07) is 3.68. The minimum absolute atomic E-state index is 0.0114. The van der Waals surface area contributed by atoms with Crippen LogP contribution in [0.2, 0.25) is 0 Å². The second-order valence-electron chi connectivity index (χ2n) is 4.77. The van der Waals surface area contributed by atoms with Gasteiger partial charge < -0.3 is 9.84 Å². The second kappa shape index (κ2) is 4.20. The molecule has 20 heavy (non-hydrogen) atoms. The highest BCUT2D eigenvalue weighted by Crippen LogP contribution is 2.40. The number of sulfonamides is 1. The number of benzene rings is 1. The molecular formula is C12H13NO6S. The largest absolute Gasteiger partial charge is 0.496 e. The minimum Gasteiger partial charge on any atom is -0.496 e. The normalized spacial score (nSPS) is 19.4. The molecule has 1 fully saturated rings. The van der Waals surface area contributed by atoms with E-state index >= 15 is 0 Å². The Balaban J connectivity index is 2.52. The molecule has 1 aromatic rings. The molecule has 0 spiro atoms. The number of carbonyl (C=O) groups is 2. The van der Waals surface area contributed by atoms with Crippen LogP contribution in [0.4, 0.5) is 5.69 Å². The Morgan fingerprint density at radius 1 is 1.35 bits per heavy atom. The molecule has 1 N–H and O–H groups in total. The Morgan fingerprint density at radius 3 is 2.40 bits per heavy atom. The summed E-state index contributed by atoms with van der Waals surface area (Å²) < 4.78 is 28.2. The van der Waals surface area contributed by atoms with E-state index in [0.717, 1.165) is 0 Å². The van der Waals surface area contributed by atoms with Crippen molar-refractivity contribution in [2.24, 2.45) is 0 Å². The third-order valence-electron chi connectivity index (χ3n) is 3.23. The highest BCUT2D eigenvalue weighted by atomic mass is 32.2. The van der Waals surface area contributed by atoms with Gasteiger partial charge in [0.2, 0.25) is 0 Å². The molecular weight excluding hydrogens is 286 g/mol. The van der Waals surface area contributed by atoms with E-state index in [4.69, 9.17) is 9.84 Å². The number of rotatable bonds is 3. The van der Waals surface area contributed by atoms with Gasteiger partial charge in [0.25, 0.3) is 15.9 Å². The first-order valence-corrected chi connectivity index (χ1v) is 7.09. The summed E-state index contributed by atoms with van der Waals surface area (Å²) in [7, 11) is -2.51. The van der Waals surface area contributed by atoms with Crippen LogP contribution in [0.25, 0.3) is 0 Å². The van der Waals surface area contributed by atoms with Gasteiger partial charge in [0.15, 0.2) is 4.75 Å². The number of carboxylic acid groups (broad SMARTS) is 1. The Kier molecular flexibility index (Phi) is 3.01. The lowest BCUT2D eigenvalue weighted by molar-refractivity contribution is -0.120. The number of anilines is 1. The SMILES string of the molecule is COc1cc(N2C(=O)C(C)(C)S2(=O)=O)ccc1C(=O)O. The van der Waals surface area contributed by atoms with Gasteiger partial charge in [0.05, 0.1) is 12.8 Å². The molecule has 1 aliphatic heterocycles. The predicted molar refractivity (Wildman–Crippen MR) is 70.4 cm³/mol. The summed E-state index contributed by atoms with van der Waals surface area (Å²) in [5, 5.41) is 8.96. The summed E-state index contributed by atoms with van der Waals surface area (Å²) in [5.41, 5.74) is -0.0444. The van der Waals surface area contributed by atoms with E-state index in [0.29, 0.717) is 4.31 Å². The number of hydrogen-bond donors (Lipinski definition) is 1. The number of methoxy groups -OCH3 is 1. The lowest BCUT2D eigenvalue weighted by Crippen LogP contribution is -2.67. The molecule has 0 saturated carbocycles. The number of aromatic carboxylic acids is 1. The van der Waals surface area contributed by atoms with Crippen molar-refractivity contribution in [1.82, 2.24) is 0 Å². The van der Waals surface area contributed by atoms with Crippen LogP contribution >= 0.6 is 0 Å². The molecule has 1 amide bonds. The van der Waals surface area contributed by atoms with Gasteiger partial charge in [-0.05, 0) is 26.0 Å². The van der Waals surface area contributed by atoms with E-state index in [2.05, 4.69) is 0 Å². The molecule has 1 saturated heterocycles. The molecule has 1 aromatic carbocycles. The number of carboxylic acids is 1. The minimum atomic E-state index is -3.78. The van der Waals surface area contributed by atoms with Crippen LogP contribution in [-0.4, -0.2) is 37.3 Å². The van der Waals surface area contributed by atoms with Gasteiger partial charge in [-0.3, -0.25) is 4.79 Å². The molecule has 2 rings (SSSR count). The number of nitrogens with zero attached hydrogens (tertiary/aromatic N) is 1. The first-order valence-electron chi connectivity index (χ1n) is 5.65. The predicted octanol–water partition coefficient (Wildman–Crippen LogP) is 0.848. The van der Waals surface area contributed by atoms with E-state index in [1.807, 2.05) is 0 Å². The molecule has 7 nitrogen and oxygen atoms in total. The molecule has 0 unspecified atom stereocenters. The number of ether oxygens (including phenoxy) is 1. The number of hydrogen-bond acceptors (Lipinski definition) is 5. The van der Waals surface area contributed by atoms with Gasteiger partial charge in [0.1, 0.15) is 11.3 Å². The highest BCUT2D eigenvalue weighted by Gasteiger charge is 2.60. The van der Waals surface area contributed by atoms with Crippen molar-refractivity contribution in [1.29, 1.82) is 0 Å². The van der Waals surface area contributed by atoms with Gasteiger partial charge in [-0.25, -0.2) is 17.5 Å². The summed E-state index contributed by atoms with van der Waals surface area (Å²) in [4.78, 5) is 22.9. The quantitative estimate of drug-likeness (QED) is 0.888. The summed E-state index contributed by atoms with van der Waals surface area (Å²) in [5.74, 6) is -1.78. The summed E-state index contributed by atoms with van der Waals surface area (Å²) in [6.07, 6.45) is 0. The average Bonchev–Trinajstić information content (AvgIpc) is 2.37. The van der Waals surface area contributed by atoms with Crippen molar-refractivity contribution < 1.29 is 27.9 Å². The first-order chi connectivity index (χ1) is 9.14. The molecule has 0 radical (unpaired) electrons. The molecule has 0 aliphatic carbocycles. The van der Waals surface area contributed by atoms with Crippen LogP contribution < -0.4 is 9.04 Å². The maximum Gasteiger partial charge on any atom is 0.339 e. The van der Waals surface area contributed by atoms with E-state index in [9.17, 15) is 18.0 Å². The maximum atomic E-state index is 12.0. The number of carbonyl (C=O) groups excluding carboxylic acids is 1. The first kappa shape index (κ1) is 14.3. The van der Waals surface area contributed by atoms with Crippen LogP contribution in [0, 0.1) is 0 Å². The van der Waals surface area contributed by atoms with Crippen molar-refractivity contribution in [3.8, 4) is 5.75 Å². The Morgan fingerprint density at radius 2 is 1.95 bits per heavy atom. The van der Waals surface area contributed by atoms with E-state index in [-0.39, 0.29) is 17.0 Å². The summed E-state index contributed by atoms with van der Waals surface area (Å²) in [6.45, 7) is 2.65. The zero-order valence-corrected chi connectivity index (χ0v) is 11.9. The van der Waals surface area contributed by atoms with Gasteiger partial charge in [-0.15, -0.1) is 0 Å². The third-order valence-corrected chi connectivity index (χ3v) is 5.56. The lowest BCUT2D eigenvalue weighted by atomic mass is 10.1. The van der Waals surface area contributed by atoms with Crippen molar-refractivity contribution >= 4 is 27.6 Å². The van der Waals surface area contributed by atoms with Crippen molar-refractivity contribution in [2.75, 3.05) is 11.4 Å². The van der Waals surface area contributed by atoms with Crippen molar-refractivity contribution in [3.63, 3.8) is 0 Å². The van der Waals surface area contributed by atoms with Gasteiger partial charge >= 0.3 is 5.97 Å². The summed E-state index contributed by atoms with van der Waals surface area (Å²) >= 11 is 0. The Labute approximate surface area is 115 Å². The van der Waals surface area contributed by atoms with Crippen LogP contribution in [0.15, 0.2) is 18.2 Å². The molecule has 108 valence electrons. The van der Waals surface area contributed by atoms with Crippen molar-refractivity contribution in [3.05, 3.63) is 23.8 Å². The van der Waals surface area contributed by atoms with Crippen LogP contribution in [0.5, 0.6) is 5.75 Å². The van der Waals surface area contributed by atoms with Gasteiger partial charge in [0, 0.05) is 6.07 Å². The Bertz CT molecular complexity index is 707.